The molecule has 1 amide bonds. The number of amides is 1. The van der Waals surface area contributed by atoms with E-state index >= 15 is 0 Å². The molecule has 1 aromatic heterocycles. The van der Waals surface area contributed by atoms with Crippen LogP contribution in [0.25, 0.3) is 0 Å². The lowest BCUT2D eigenvalue weighted by molar-refractivity contribution is 0.102. The minimum atomic E-state index is -0.271. The molecular formula is C25H31FN4O2. The number of halogens is 1. The van der Waals surface area contributed by atoms with E-state index in [4.69, 9.17) is 10.8 Å². The first kappa shape index (κ1) is 25.0. The maximum atomic E-state index is 12.2. The van der Waals surface area contributed by atoms with E-state index in [0.717, 1.165) is 18.7 Å². The molecule has 0 radical (unpaired) electrons. The number of aliphatic hydroxyl groups excluding tert-OH is 1. The fourth-order valence-electron chi connectivity index (χ4n) is 2.83. The quantitative estimate of drug-likeness (QED) is 0.368. The number of carbonyl (C=O) groups excluding carboxylic acids is 1. The Morgan fingerprint density at radius 1 is 1.03 bits per heavy atom. The molecule has 0 saturated heterocycles. The molecule has 0 atom stereocenters. The normalized spacial score (nSPS) is 10.2. The van der Waals surface area contributed by atoms with Crippen LogP contribution in [-0.2, 0) is 13.2 Å². The van der Waals surface area contributed by atoms with E-state index in [1.165, 1.54) is 37.0 Å². The molecule has 0 bridgehead atoms. The molecule has 2 aromatic carbocycles. The van der Waals surface area contributed by atoms with Crippen molar-refractivity contribution in [3.63, 3.8) is 0 Å². The number of unbranched alkanes of at least 4 members (excludes halogenated alkanes) is 2. The molecule has 3 rings (SSSR count). The van der Waals surface area contributed by atoms with Crippen molar-refractivity contribution in [1.29, 1.82) is 0 Å². The molecule has 170 valence electrons. The maximum absolute atomic E-state index is 12.2. The second kappa shape index (κ2) is 13.9. The molecule has 0 spiro atoms. The predicted octanol–water partition coefficient (Wildman–Crippen LogP) is 4.51. The summed E-state index contributed by atoms with van der Waals surface area (Å²) in [6, 6.07) is 16.7. The van der Waals surface area contributed by atoms with Crippen molar-refractivity contribution in [3.8, 4) is 0 Å². The van der Waals surface area contributed by atoms with Crippen LogP contribution >= 0.6 is 0 Å². The number of aliphatic hydroxyl groups is 1. The molecule has 7 heteroatoms. The van der Waals surface area contributed by atoms with Crippen molar-refractivity contribution >= 4 is 17.4 Å². The van der Waals surface area contributed by atoms with Gasteiger partial charge in [0, 0.05) is 30.1 Å². The topological polar surface area (TPSA) is 100 Å². The molecule has 1 heterocycles. The minimum absolute atomic E-state index is 0.0275. The van der Waals surface area contributed by atoms with Gasteiger partial charge in [0.15, 0.2) is 0 Å². The molecule has 0 fully saturated rings. The average molecular weight is 439 g/mol. The SMILES string of the molecule is CCCCCNCc1ccc(C(=O)Nc2ccnc(N)c2)cc1.OCc1ccc(F)cc1. The van der Waals surface area contributed by atoms with Crippen molar-refractivity contribution < 1.29 is 14.3 Å². The second-order valence-corrected chi connectivity index (χ2v) is 7.29. The number of nitrogens with one attached hydrogen (secondary N) is 2. The number of hydrogen-bond donors (Lipinski definition) is 4. The van der Waals surface area contributed by atoms with E-state index in [-0.39, 0.29) is 18.3 Å². The second-order valence-electron chi connectivity index (χ2n) is 7.29. The first-order chi connectivity index (χ1) is 15.5. The first-order valence-electron chi connectivity index (χ1n) is 10.7. The molecule has 0 aliphatic rings. The zero-order valence-corrected chi connectivity index (χ0v) is 18.4. The molecule has 0 saturated carbocycles. The summed E-state index contributed by atoms with van der Waals surface area (Å²) in [6.07, 6.45) is 5.25. The Morgan fingerprint density at radius 2 is 1.72 bits per heavy atom. The van der Waals surface area contributed by atoms with Gasteiger partial charge in [0.2, 0.25) is 0 Å². The molecule has 6 nitrogen and oxygen atoms in total. The minimum Gasteiger partial charge on any atom is -0.392 e. The molecule has 3 aromatic rings. The van der Waals surface area contributed by atoms with Gasteiger partial charge in [-0.25, -0.2) is 9.37 Å². The molecule has 0 aliphatic carbocycles. The lowest BCUT2D eigenvalue weighted by atomic mass is 10.1. The Kier molecular flexibility index (Phi) is 10.8. The molecule has 0 aliphatic heterocycles. The predicted molar refractivity (Wildman–Crippen MR) is 127 cm³/mol. The third-order valence-corrected chi connectivity index (χ3v) is 4.64. The van der Waals surface area contributed by atoms with Crippen LogP contribution < -0.4 is 16.4 Å². The lowest BCUT2D eigenvalue weighted by Gasteiger charge is -2.07. The summed E-state index contributed by atoms with van der Waals surface area (Å²) < 4.78 is 12.1. The van der Waals surface area contributed by atoms with E-state index in [2.05, 4.69) is 22.5 Å². The Balaban J connectivity index is 0.000000336. The number of pyridine rings is 1. The van der Waals surface area contributed by atoms with E-state index in [1.807, 2.05) is 24.3 Å². The number of anilines is 2. The number of benzene rings is 2. The number of rotatable bonds is 9. The van der Waals surface area contributed by atoms with Gasteiger partial charge >= 0.3 is 0 Å². The van der Waals surface area contributed by atoms with Crippen LogP contribution in [0.2, 0.25) is 0 Å². The standard InChI is InChI=1S/C18H24N4O.C7H7FO/c1-2-3-4-10-20-13-14-5-7-15(8-6-14)18(23)22-16-9-11-21-17(19)12-16;8-7-3-1-6(5-9)2-4-7/h5-9,11-12,20H,2-4,10,13H2,1H3,(H3,19,21,22,23);1-4,9H,5H2. The Bertz CT molecular complexity index is 947. The third-order valence-electron chi connectivity index (χ3n) is 4.64. The van der Waals surface area contributed by atoms with Gasteiger partial charge in [-0.05, 0) is 54.4 Å². The van der Waals surface area contributed by atoms with Crippen LogP contribution in [0.3, 0.4) is 0 Å². The van der Waals surface area contributed by atoms with Crippen molar-refractivity contribution in [2.75, 3.05) is 17.6 Å². The fourth-order valence-corrected chi connectivity index (χ4v) is 2.83. The largest absolute Gasteiger partial charge is 0.392 e. The summed E-state index contributed by atoms with van der Waals surface area (Å²) in [5, 5.41) is 14.7. The zero-order chi connectivity index (χ0) is 23.2. The highest BCUT2D eigenvalue weighted by molar-refractivity contribution is 6.04. The smallest absolute Gasteiger partial charge is 0.255 e. The van der Waals surface area contributed by atoms with Gasteiger partial charge in [-0.1, -0.05) is 44.0 Å². The Hall–Kier alpha value is -3.29. The highest BCUT2D eigenvalue weighted by Gasteiger charge is 2.06. The van der Waals surface area contributed by atoms with Gasteiger partial charge < -0.3 is 21.5 Å². The van der Waals surface area contributed by atoms with Crippen LogP contribution in [0.5, 0.6) is 0 Å². The summed E-state index contributed by atoms with van der Waals surface area (Å²) in [7, 11) is 0. The van der Waals surface area contributed by atoms with Crippen LogP contribution in [0.1, 0.15) is 47.7 Å². The summed E-state index contributed by atoms with van der Waals surface area (Å²) in [5.74, 6) is -0.0439. The highest BCUT2D eigenvalue weighted by atomic mass is 19.1. The van der Waals surface area contributed by atoms with Gasteiger partial charge in [-0.3, -0.25) is 4.79 Å². The monoisotopic (exact) mass is 438 g/mol. The van der Waals surface area contributed by atoms with Gasteiger partial charge in [0.05, 0.1) is 6.61 Å². The average Bonchev–Trinajstić information content (AvgIpc) is 2.80. The third kappa shape index (κ3) is 9.24. The Labute approximate surface area is 188 Å². The van der Waals surface area contributed by atoms with Gasteiger partial charge in [0.1, 0.15) is 11.6 Å². The van der Waals surface area contributed by atoms with E-state index < -0.39 is 0 Å². The summed E-state index contributed by atoms with van der Waals surface area (Å²) in [4.78, 5) is 16.1. The summed E-state index contributed by atoms with van der Waals surface area (Å²) >= 11 is 0. The van der Waals surface area contributed by atoms with Crippen LogP contribution in [0.4, 0.5) is 15.9 Å². The van der Waals surface area contributed by atoms with Crippen molar-refractivity contribution in [2.24, 2.45) is 0 Å². The lowest BCUT2D eigenvalue weighted by Crippen LogP contribution is -2.15. The summed E-state index contributed by atoms with van der Waals surface area (Å²) in [6.45, 7) is 4.02. The van der Waals surface area contributed by atoms with Gasteiger partial charge in [-0.15, -0.1) is 0 Å². The van der Waals surface area contributed by atoms with Crippen molar-refractivity contribution in [3.05, 3.63) is 89.4 Å². The van der Waals surface area contributed by atoms with Gasteiger partial charge in [0.25, 0.3) is 5.91 Å². The number of nitrogens with two attached hydrogens (primary N) is 1. The number of carbonyl (C=O) groups is 1. The number of hydrogen-bond acceptors (Lipinski definition) is 5. The van der Waals surface area contributed by atoms with Crippen LogP contribution in [0, 0.1) is 5.82 Å². The van der Waals surface area contributed by atoms with Crippen molar-refractivity contribution in [1.82, 2.24) is 10.3 Å². The van der Waals surface area contributed by atoms with E-state index in [1.54, 1.807) is 30.5 Å². The molecular weight excluding hydrogens is 407 g/mol. The number of aromatic nitrogens is 1. The summed E-state index contributed by atoms with van der Waals surface area (Å²) in [5.41, 5.74) is 8.77. The number of nitrogens with zero attached hydrogens (tertiary/aromatic N) is 1. The highest BCUT2D eigenvalue weighted by Crippen LogP contribution is 2.12. The van der Waals surface area contributed by atoms with Crippen LogP contribution in [0.15, 0.2) is 66.9 Å². The van der Waals surface area contributed by atoms with Gasteiger partial charge in [-0.2, -0.15) is 0 Å². The molecule has 5 N–H and O–H groups in total. The zero-order valence-electron chi connectivity index (χ0n) is 18.4. The number of nitrogen functional groups attached to an aromatic ring is 1. The molecule has 32 heavy (non-hydrogen) atoms. The maximum Gasteiger partial charge on any atom is 0.255 e. The van der Waals surface area contributed by atoms with E-state index in [0.29, 0.717) is 17.1 Å². The Morgan fingerprint density at radius 3 is 2.34 bits per heavy atom. The van der Waals surface area contributed by atoms with Crippen molar-refractivity contribution in [2.45, 2.75) is 39.3 Å². The fraction of sp³-hybridized carbons (Fsp3) is 0.280. The van der Waals surface area contributed by atoms with Crippen LogP contribution in [-0.4, -0.2) is 22.5 Å². The molecule has 0 unspecified atom stereocenters. The van der Waals surface area contributed by atoms with E-state index in [9.17, 15) is 9.18 Å². The first-order valence-corrected chi connectivity index (χ1v) is 10.7.